The third-order valence-corrected chi connectivity index (χ3v) is 3.68. The van der Waals surface area contributed by atoms with E-state index in [2.05, 4.69) is 15.5 Å². The van der Waals surface area contributed by atoms with Crippen molar-refractivity contribution in [3.8, 4) is 11.8 Å². The van der Waals surface area contributed by atoms with Gasteiger partial charge in [0, 0.05) is 6.54 Å². The number of anilines is 2. The normalized spacial score (nSPS) is 17.0. The fraction of sp³-hybridized carbons (Fsp3) is 0.250. The summed E-state index contributed by atoms with van der Waals surface area (Å²) in [6.45, 7) is 0.598. The molecule has 1 aromatic heterocycles. The first-order chi connectivity index (χ1) is 11.2. The van der Waals surface area contributed by atoms with Gasteiger partial charge in [0.15, 0.2) is 5.69 Å². The van der Waals surface area contributed by atoms with E-state index in [-0.39, 0.29) is 17.6 Å². The standard InChI is InChI=1S/C16H15N5O2/c1-23-14-5-3-2-4-13(14)21-9-8-12(16(21)22)18-15-7-6-11(10-17)19-20-15/h2-7,12H,8-9H2,1H3,(H,18,20). The van der Waals surface area contributed by atoms with Crippen LogP contribution in [-0.4, -0.2) is 35.8 Å². The van der Waals surface area contributed by atoms with Crippen molar-refractivity contribution in [3.05, 3.63) is 42.1 Å². The van der Waals surface area contributed by atoms with Crippen LogP contribution < -0.4 is 15.0 Å². The van der Waals surface area contributed by atoms with Crippen LogP contribution >= 0.6 is 0 Å². The average Bonchev–Trinajstić information content (AvgIpc) is 2.96. The number of hydrogen-bond acceptors (Lipinski definition) is 6. The maximum atomic E-state index is 12.6. The molecule has 1 aliphatic heterocycles. The molecule has 1 aromatic carbocycles. The zero-order valence-corrected chi connectivity index (χ0v) is 12.6. The Hall–Kier alpha value is -3.14. The molecule has 0 saturated carbocycles. The Bertz CT molecular complexity index is 754. The first-order valence-corrected chi connectivity index (χ1v) is 7.17. The van der Waals surface area contributed by atoms with Crippen LogP contribution in [0, 0.1) is 11.3 Å². The van der Waals surface area contributed by atoms with Crippen LogP contribution in [0.3, 0.4) is 0 Å². The number of rotatable bonds is 4. The second-order valence-electron chi connectivity index (χ2n) is 5.06. The van der Waals surface area contributed by atoms with Gasteiger partial charge in [0.05, 0.1) is 12.8 Å². The number of nitriles is 1. The van der Waals surface area contributed by atoms with Gasteiger partial charge >= 0.3 is 0 Å². The summed E-state index contributed by atoms with van der Waals surface area (Å²) in [6.07, 6.45) is 0.651. The highest BCUT2D eigenvalue weighted by molar-refractivity contribution is 6.01. The zero-order chi connectivity index (χ0) is 16.2. The Morgan fingerprint density at radius 3 is 2.83 bits per heavy atom. The maximum absolute atomic E-state index is 12.6. The highest BCUT2D eigenvalue weighted by Crippen LogP contribution is 2.31. The molecule has 3 rings (SSSR count). The zero-order valence-electron chi connectivity index (χ0n) is 12.6. The van der Waals surface area contributed by atoms with Gasteiger partial charge in [-0.3, -0.25) is 4.79 Å². The maximum Gasteiger partial charge on any atom is 0.249 e. The molecule has 1 amide bonds. The SMILES string of the molecule is COc1ccccc1N1CCC(Nc2ccc(C#N)nn2)C1=O. The van der Waals surface area contributed by atoms with Crippen LogP contribution in [0.1, 0.15) is 12.1 Å². The van der Waals surface area contributed by atoms with Crippen molar-refractivity contribution in [1.29, 1.82) is 5.26 Å². The van der Waals surface area contributed by atoms with Crippen molar-refractivity contribution in [1.82, 2.24) is 10.2 Å². The van der Waals surface area contributed by atoms with E-state index in [4.69, 9.17) is 10.00 Å². The van der Waals surface area contributed by atoms with Gasteiger partial charge < -0.3 is 15.0 Å². The molecule has 116 valence electrons. The first-order valence-electron chi connectivity index (χ1n) is 7.17. The van der Waals surface area contributed by atoms with E-state index in [9.17, 15) is 4.79 Å². The number of ether oxygens (including phenoxy) is 1. The van der Waals surface area contributed by atoms with Crippen LogP contribution in [0.5, 0.6) is 5.75 Å². The molecule has 0 aliphatic carbocycles. The predicted molar refractivity (Wildman–Crippen MR) is 84.1 cm³/mol. The van der Waals surface area contributed by atoms with Crippen LogP contribution in [0.15, 0.2) is 36.4 Å². The highest BCUT2D eigenvalue weighted by atomic mass is 16.5. The smallest absolute Gasteiger partial charge is 0.249 e. The van der Waals surface area contributed by atoms with Gasteiger partial charge in [0.25, 0.3) is 0 Å². The Balaban J connectivity index is 1.75. The Labute approximate surface area is 133 Å². The molecule has 0 radical (unpaired) electrons. The third kappa shape index (κ3) is 2.92. The number of carbonyl (C=O) groups excluding carboxylic acids is 1. The number of carbonyl (C=O) groups is 1. The minimum atomic E-state index is -0.373. The molecule has 1 aliphatic rings. The molecule has 1 atom stereocenters. The van der Waals surface area contributed by atoms with E-state index in [0.717, 1.165) is 5.69 Å². The van der Waals surface area contributed by atoms with E-state index in [0.29, 0.717) is 24.5 Å². The number of hydrogen-bond donors (Lipinski definition) is 1. The van der Waals surface area contributed by atoms with Crippen molar-refractivity contribution in [2.45, 2.75) is 12.5 Å². The third-order valence-electron chi connectivity index (χ3n) is 3.68. The summed E-state index contributed by atoms with van der Waals surface area (Å²) in [5, 5.41) is 19.4. The summed E-state index contributed by atoms with van der Waals surface area (Å²) < 4.78 is 5.32. The monoisotopic (exact) mass is 309 g/mol. The number of nitrogens with zero attached hydrogens (tertiary/aromatic N) is 4. The molecule has 1 fully saturated rings. The van der Waals surface area contributed by atoms with E-state index in [1.807, 2.05) is 30.3 Å². The molecule has 7 nitrogen and oxygen atoms in total. The Kier molecular flexibility index (Phi) is 4.06. The summed E-state index contributed by atoms with van der Waals surface area (Å²) >= 11 is 0. The van der Waals surface area contributed by atoms with Crippen molar-refractivity contribution in [2.75, 3.05) is 23.9 Å². The van der Waals surface area contributed by atoms with Crippen molar-refractivity contribution < 1.29 is 9.53 Å². The molecular weight excluding hydrogens is 294 g/mol. The predicted octanol–water partition coefficient (Wildman–Crippen LogP) is 1.57. The van der Waals surface area contributed by atoms with Crippen LogP contribution in [-0.2, 0) is 4.79 Å². The average molecular weight is 309 g/mol. The molecular formula is C16H15N5O2. The van der Waals surface area contributed by atoms with E-state index in [1.54, 1.807) is 24.1 Å². The van der Waals surface area contributed by atoms with Gasteiger partial charge in [0.1, 0.15) is 23.7 Å². The molecule has 1 saturated heterocycles. The molecule has 2 heterocycles. The lowest BCUT2D eigenvalue weighted by molar-refractivity contribution is -0.117. The summed E-state index contributed by atoms with van der Waals surface area (Å²) in [5.41, 5.74) is 0.999. The molecule has 23 heavy (non-hydrogen) atoms. The molecule has 1 unspecified atom stereocenters. The fourth-order valence-corrected chi connectivity index (χ4v) is 2.55. The summed E-state index contributed by atoms with van der Waals surface area (Å²) in [5.74, 6) is 1.10. The molecule has 1 N–H and O–H groups in total. The van der Waals surface area contributed by atoms with Gasteiger partial charge in [-0.1, -0.05) is 12.1 Å². The Morgan fingerprint density at radius 1 is 1.30 bits per heavy atom. The number of benzene rings is 1. The topological polar surface area (TPSA) is 91.1 Å². The number of nitrogens with one attached hydrogen (secondary N) is 1. The largest absolute Gasteiger partial charge is 0.495 e. The number of aromatic nitrogens is 2. The minimum Gasteiger partial charge on any atom is -0.495 e. The van der Waals surface area contributed by atoms with Crippen LogP contribution in [0.2, 0.25) is 0 Å². The summed E-state index contributed by atoms with van der Waals surface area (Å²) in [4.78, 5) is 14.3. The first kappa shape index (κ1) is 14.8. The van der Waals surface area contributed by atoms with Crippen LogP contribution in [0.4, 0.5) is 11.5 Å². The Morgan fingerprint density at radius 2 is 2.13 bits per heavy atom. The van der Waals surface area contributed by atoms with E-state index < -0.39 is 0 Å². The molecule has 7 heteroatoms. The number of para-hydroxylation sites is 2. The van der Waals surface area contributed by atoms with Gasteiger partial charge in [-0.05, 0) is 30.7 Å². The van der Waals surface area contributed by atoms with Gasteiger partial charge in [-0.25, -0.2) is 0 Å². The molecule has 0 bridgehead atoms. The van der Waals surface area contributed by atoms with Crippen molar-refractivity contribution in [2.24, 2.45) is 0 Å². The summed E-state index contributed by atoms with van der Waals surface area (Å²) in [7, 11) is 1.58. The van der Waals surface area contributed by atoms with Crippen LogP contribution in [0.25, 0.3) is 0 Å². The fourth-order valence-electron chi connectivity index (χ4n) is 2.55. The lowest BCUT2D eigenvalue weighted by atomic mass is 10.2. The lowest BCUT2D eigenvalue weighted by Crippen LogP contribution is -2.33. The van der Waals surface area contributed by atoms with E-state index >= 15 is 0 Å². The lowest BCUT2D eigenvalue weighted by Gasteiger charge is -2.19. The van der Waals surface area contributed by atoms with Gasteiger partial charge in [-0.2, -0.15) is 5.26 Å². The highest BCUT2D eigenvalue weighted by Gasteiger charge is 2.34. The quantitative estimate of drug-likeness (QED) is 0.922. The van der Waals surface area contributed by atoms with Crippen molar-refractivity contribution >= 4 is 17.4 Å². The second-order valence-corrected chi connectivity index (χ2v) is 5.06. The van der Waals surface area contributed by atoms with Crippen molar-refractivity contribution in [3.63, 3.8) is 0 Å². The van der Waals surface area contributed by atoms with Gasteiger partial charge in [0.2, 0.25) is 5.91 Å². The molecule has 2 aromatic rings. The molecule has 0 spiro atoms. The number of methoxy groups -OCH3 is 1. The minimum absolute atomic E-state index is 0.0411. The second kappa shape index (κ2) is 6.32. The van der Waals surface area contributed by atoms with E-state index in [1.165, 1.54) is 0 Å². The number of amides is 1. The summed E-state index contributed by atoms with van der Waals surface area (Å²) in [6, 6.07) is 12.2. The van der Waals surface area contributed by atoms with Gasteiger partial charge in [-0.15, -0.1) is 10.2 Å².